The topological polar surface area (TPSA) is 67.2 Å². The summed E-state index contributed by atoms with van der Waals surface area (Å²) in [7, 11) is 0. The van der Waals surface area contributed by atoms with Crippen molar-refractivity contribution in [3.05, 3.63) is 18.5 Å². The molecule has 0 bridgehead atoms. The Morgan fingerprint density at radius 1 is 1.21 bits per heavy atom. The zero-order valence-electron chi connectivity index (χ0n) is 11.8. The normalized spacial score (nSPS) is 21.4. The fourth-order valence-electron chi connectivity index (χ4n) is 2.22. The second-order valence-electron chi connectivity index (χ2n) is 5.86. The first-order valence-electron chi connectivity index (χ1n) is 6.37. The summed E-state index contributed by atoms with van der Waals surface area (Å²) >= 11 is 0. The maximum atomic E-state index is 12.4. The smallest absolute Gasteiger partial charge is 0.248 e. The summed E-state index contributed by atoms with van der Waals surface area (Å²) in [5, 5.41) is 6.87. The predicted octanol–water partition coefficient (Wildman–Crippen LogP) is 0.399. The van der Waals surface area contributed by atoms with E-state index in [1.54, 1.807) is 43.5 Å². The lowest BCUT2D eigenvalue weighted by Gasteiger charge is -2.47. The Morgan fingerprint density at radius 2 is 1.89 bits per heavy atom. The number of rotatable bonds is 3. The van der Waals surface area contributed by atoms with Crippen molar-refractivity contribution in [1.29, 1.82) is 0 Å². The summed E-state index contributed by atoms with van der Waals surface area (Å²) in [5.41, 5.74) is -1.68. The molecule has 0 radical (unpaired) electrons. The molecule has 0 spiro atoms. The summed E-state index contributed by atoms with van der Waals surface area (Å²) in [6.45, 7) is 8.01. The van der Waals surface area contributed by atoms with E-state index in [1.165, 1.54) is 0 Å². The van der Waals surface area contributed by atoms with Crippen molar-refractivity contribution in [3.8, 4) is 0 Å². The minimum atomic E-state index is -0.850. The number of aromatic nitrogens is 2. The third kappa shape index (κ3) is 2.34. The Balaban J connectivity index is 2.19. The summed E-state index contributed by atoms with van der Waals surface area (Å²) in [5.74, 6) is -0.193. The van der Waals surface area contributed by atoms with Crippen LogP contribution in [-0.2, 0) is 16.1 Å². The molecule has 1 fully saturated rings. The van der Waals surface area contributed by atoms with Crippen LogP contribution in [-0.4, -0.2) is 44.1 Å². The number of carbonyl (C=O) groups excluding carboxylic acids is 2. The Kier molecular flexibility index (Phi) is 3.12. The highest BCUT2D eigenvalue weighted by molar-refractivity contribution is 6.01. The van der Waals surface area contributed by atoms with Crippen molar-refractivity contribution in [2.75, 3.05) is 6.54 Å². The first-order chi connectivity index (χ1) is 8.75. The van der Waals surface area contributed by atoms with Gasteiger partial charge in [0.15, 0.2) is 0 Å². The van der Waals surface area contributed by atoms with Gasteiger partial charge in [-0.3, -0.25) is 14.3 Å². The van der Waals surface area contributed by atoms with E-state index >= 15 is 0 Å². The lowest BCUT2D eigenvalue weighted by Crippen LogP contribution is -2.72. The van der Waals surface area contributed by atoms with Gasteiger partial charge in [-0.05, 0) is 33.8 Å². The average Bonchev–Trinajstić information content (AvgIpc) is 2.79. The zero-order chi connectivity index (χ0) is 14.3. The summed E-state index contributed by atoms with van der Waals surface area (Å²) < 4.78 is 1.75. The molecule has 1 N–H and O–H groups in total. The fourth-order valence-corrected chi connectivity index (χ4v) is 2.22. The molecule has 2 amide bonds. The van der Waals surface area contributed by atoms with E-state index in [0.717, 1.165) is 0 Å². The van der Waals surface area contributed by atoms with Crippen LogP contribution in [0.25, 0.3) is 0 Å². The highest BCUT2D eigenvalue weighted by atomic mass is 16.2. The van der Waals surface area contributed by atoms with E-state index in [2.05, 4.69) is 10.4 Å². The van der Waals surface area contributed by atoms with Gasteiger partial charge in [-0.2, -0.15) is 5.10 Å². The number of nitrogens with zero attached hydrogens (tertiary/aromatic N) is 3. The summed E-state index contributed by atoms with van der Waals surface area (Å²) in [4.78, 5) is 26.2. The van der Waals surface area contributed by atoms with Gasteiger partial charge in [0.1, 0.15) is 11.1 Å². The predicted molar refractivity (Wildman–Crippen MR) is 70.2 cm³/mol. The van der Waals surface area contributed by atoms with Gasteiger partial charge < -0.3 is 10.2 Å². The van der Waals surface area contributed by atoms with Gasteiger partial charge in [0.25, 0.3) is 0 Å². The number of amides is 2. The zero-order valence-corrected chi connectivity index (χ0v) is 11.8. The molecule has 6 heteroatoms. The molecule has 2 heterocycles. The minimum absolute atomic E-state index is 0.0655. The molecule has 104 valence electrons. The SMILES string of the molecule is CC1(C)NC(=O)C(C)(C)N(CCn2cccn2)C1=O. The molecular formula is C13H20N4O2. The van der Waals surface area contributed by atoms with Gasteiger partial charge in [0.05, 0.1) is 6.54 Å². The van der Waals surface area contributed by atoms with Crippen LogP contribution < -0.4 is 5.32 Å². The number of nitrogens with one attached hydrogen (secondary N) is 1. The van der Waals surface area contributed by atoms with Crippen molar-refractivity contribution in [3.63, 3.8) is 0 Å². The summed E-state index contributed by atoms with van der Waals surface area (Å²) in [6, 6.07) is 1.83. The lowest BCUT2D eigenvalue weighted by atomic mass is 9.90. The molecule has 1 saturated heterocycles. The number of hydrogen-bond acceptors (Lipinski definition) is 3. The van der Waals surface area contributed by atoms with Crippen molar-refractivity contribution < 1.29 is 9.59 Å². The Hall–Kier alpha value is -1.85. The molecule has 1 aliphatic heterocycles. The molecule has 0 unspecified atom stereocenters. The van der Waals surface area contributed by atoms with E-state index in [-0.39, 0.29) is 11.8 Å². The van der Waals surface area contributed by atoms with E-state index in [4.69, 9.17) is 0 Å². The Bertz CT molecular complexity index is 491. The Labute approximate surface area is 112 Å². The van der Waals surface area contributed by atoms with Gasteiger partial charge in [-0.25, -0.2) is 0 Å². The van der Waals surface area contributed by atoms with Gasteiger partial charge in [-0.15, -0.1) is 0 Å². The second kappa shape index (κ2) is 4.36. The average molecular weight is 264 g/mol. The molecular weight excluding hydrogens is 244 g/mol. The van der Waals surface area contributed by atoms with Crippen LogP contribution in [0.3, 0.4) is 0 Å². The van der Waals surface area contributed by atoms with Crippen molar-refractivity contribution in [1.82, 2.24) is 20.0 Å². The number of piperazine rings is 1. The minimum Gasteiger partial charge on any atom is -0.340 e. The van der Waals surface area contributed by atoms with Gasteiger partial charge in [0, 0.05) is 18.9 Å². The van der Waals surface area contributed by atoms with Crippen LogP contribution in [0.2, 0.25) is 0 Å². The molecule has 0 atom stereocenters. The van der Waals surface area contributed by atoms with Gasteiger partial charge >= 0.3 is 0 Å². The van der Waals surface area contributed by atoms with Crippen LogP contribution in [0, 0.1) is 0 Å². The van der Waals surface area contributed by atoms with E-state index < -0.39 is 11.1 Å². The van der Waals surface area contributed by atoms with Crippen LogP contribution in [0.15, 0.2) is 18.5 Å². The largest absolute Gasteiger partial charge is 0.340 e. The third-order valence-electron chi connectivity index (χ3n) is 3.55. The van der Waals surface area contributed by atoms with Gasteiger partial charge in [-0.1, -0.05) is 0 Å². The van der Waals surface area contributed by atoms with E-state index in [9.17, 15) is 9.59 Å². The summed E-state index contributed by atoms with van der Waals surface area (Å²) in [6.07, 6.45) is 3.53. The molecule has 19 heavy (non-hydrogen) atoms. The number of hydrogen-bond donors (Lipinski definition) is 1. The molecule has 1 aliphatic rings. The van der Waals surface area contributed by atoms with E-state index in [0.29, 0.717) is 13.1 Å². The molecule has 0 aliphatic carbocycles. The first kappa shape index (κ1) is 13.6. The van der Waals surface area contributed by atoms with E-state index in [1.807, 2.05) is 12.3 Å². The first-order valence-corrected chi connectivity index (χ1v) is 6.37. The molecule has 0 saturated carbocycles. The highest BCUT2D eigenvalue weighted by Gasteiger charge is 2.49. The van der Waals surface area contributed by atoms with Crippen molar-refractivity contribution in [2.24, 2.45) is 0 Å². The van der Waals surface area contributed by atoms with Crippen LogP contribution in [0.5, 0.6) is 0 Å². The van der Waals surface area contributed by atoms with Crippen LogP contribution >= 0.6 is 0 Å². The quantitative estimate of drug-likeness (QED) is 0.859. The standard InChI is InChI=1S/C13H20N4O2/c1-12(2)11(19)17(13(3,4)10(18)15-12)9-8-16-7-5-6-14-16/h5-7H,8-9H2,1-4H3,(H,15,18). The second-order valence-corrected chi connectivity index (χ2v) is 5.86. The molecule has 0 aromatic carbocycles. The maximum absolute atomic E-state index is 12.4. The maximum Gasteiger partial charge on any atom is 0.248 e. The fraction of sp³-hybridized carbons (Fsp3) is 0.615. The van der Waals surface area contributed by atoms with Crippen LogP contribution in [0.1, 0.15) is 27.7 Å². The lowest BCUT2D eigenvalue weighted by molar-refractivity contribution is -0.159. The molecule has 1 aromatic rings. The molecule has 2 rings (SSSR count). The third-order valence-corrected chi connectivity index (χ3v) is 3.55. The van der Waals surface area contributed by atoms with Crippen molar-refractivity contribution >= 4 is 11.8 Å². The van der Waals surface area contributed by atoms with Gasteiger partial charge in [0.2, 0.25) is 11.8 Å². The number of carbonyl (C=O) groups is 2. The van der Waals surface area contributed by atoms with Crippen LogP contribution in [0.4, 0.5) is 0 Å². The Morgan fingerprint density at radius 3 is 2.47 bits per heavy atom. The molecule has 6 nitrogen and oxygen atoms in total. The monoisotopic (exact) mass is 264 g/mol. The highest BCUT2D eigenvalue weighted by Crippen LogP contribution is 2.25. The molecule has 1 aromatic heterocycles. The van der Waals surface area contributed by atoms with Crippen molar-refractivity contribution in [2.45, 2.75) is 45.3 Å².